The van der Waals surface area contributed by atoms with Crippen LogP contribution in [0.2, 0.25) is 5.02 Å². The number of nitrogens with zero attached hydrogens (tertiary/aromatic N) is 2. The van der Waals surface area contributed by atoms with Gasteiger partial charge >= 0.3 is 0 Å². The fraction of sp³-hybridized carbons (Fsp3) is 0.154. The number of carbonyl (C=O) groups excluding carboxylic acids is 3. The minimum atomic E-state index is -0.945. The zero-order valence-electron chi connectivity index (χ0n) is 19.1. The van der Waals surface area contributed by atoms with Gasteiger partial charge in [0.1, 0.15) is 18.4 Å². The number of hydrogen-bond donors (Lipinski definition) is 3. The molecule has 184 valence electrons. The molecule has 1 atom stereocenters. The second kappa shape index (κ2) is 11.0. The van der Waals surface area contributed by atoms with Crippen LogP contribution in [0.3, 0.4) is 0 Å². The Hall–Kier alpha value is -4.24. The molecule has 0 aliphatic carbocycles. The lowest BCUT2D eigenvalue weighted by Gasteiger charge is -2.19. The lowest BCUT2D eigenvalue weighted by atomic mass is 10.0. The molecule has 8 nitrogen and oxygen atoms in total. The van der Waals surface area contributed by atoms with E-state index in [0.29, 0.717) is 10.9 Å². The number of para-hydroxylation sites is 1. The Morgan fingerprint density at radius 3 is 2.47 bits per heavy atom. The highest BCUT2D eigenvalue weighted by Gasteiger charge is 2.23. The summed E-state index contributed by atoms with van der Waals surface area (Å²) >= 11 is 5.83. The molecule has 1 aromatic heterocycles. The molecule has 4 N–H and O–H groups in total. The number of carbonyl (C=O) groups is 3. The van der Waals surface area contributed by atoms with E-state index in [1.54, 1.807) is 30.3 Å². The van der Waals surface area contributed by atoms with E-state index in [9.17, 15) is 18.8 Å². The summed E-state index contributed by atoms with van der Waals surface area (Å²) in [5, 5.41) is 10.1. The van der Waals surface area contributed by atoms with Crippen molar-refractivity contribution >= 4 is 40.2 Å². The Morgan fingerprint density at radius 2 is 1.72 bits per heavy atom. The monoisotopic (exact) mass is 507 g/mol. The van der Waals surface area contributed by atoms with Crippen LogP contribution in [0, 0.1) is 5.82 Å². The van der Waals surface area contributed by atoms with Crippen molar-refractivity contribution in [2.24, 2.45) is 5.73 Å². The minimum Gasteiger partial charge on any atom is -0.364 e. The molecule has 0 spiro atoms. The van der Waals surface area contributed by atoms with Gasteiger partial charge in [-0.15, -0.1) is 0 Å². The van der Waals surface area contributed by atoms with Gasteiger partial charge < -0.3 is 16.4 Å². The summed E-state index contributed by atoms with van der Waals surface area (Å²) in [5.41, 5.74) is 7.09. The van der Waals surface area contributed by atoms with Crippen molar-refractivity contribution in [3.63, 3.8) is 0 Å². The van der Waals surface area contributed by atoms with Gasteiger partial charge in [-0.25, -0.2) is 4.39 Å². The average molecular weight is 508 g/mol. The fourth-order valence-electron chi connectivity index (χ4n) is 3.86. The maximum atomic E-state index is 14.2. The van der Waals surface area contributed by atoms with E-state index in [1.807, 2.05) is 30.3 Å². The molecule has 0 aliphatic rings. The zero-order chi connectivity index (χ0) is 25.7. The predicted octanol–water partition coefficient (Wildman–Crippen LogP) is 2.97. The number of primary amides is 1. The van der Waals surface area contributed by atoms with E-state index in [1.165, 1.54) is 16.8 Å². The molecule has 3 amide bonds. The third kappa shape index (κ3) is 5.69. The SMILES string of the molecule is NC(=O)c1nn(CC(=O)N[C@@H](Cc2ccccc2)C(=O)NCc2cccc(Cl)c2F)c2ccccc12. The lowest BCUT2D eigenvalue weighted by Crippen LogP contribution is -2.48. The van der Waals surface area contributed by atoms with Gasteiger partial charge in [-0.2, -0.15) is 5.10 Å². The van der Waals surface area contributed by atoms with Gasteiger partial charge in [0.05, 0.1) is 10.5 Å². The molecule has 0 bridgehead atoms. The number of benzene rings is 3. The van der Waals surface area contributed by atoms with Crippen molar-refractivity contribution in [2.45, 2.75) is 25.6 Å². The highest BCUT2D eigenvalue weighted by Crippen LogP contribution is 2.19. The molecule has 0 saturated heterocycles. The van der Waals surface area contributed by atoms with Crippen molar-refractivity contribution in [3.8, 4) is 0 Å². The Kier molecular flexibility index (Phi) is 7.60. The molecule has 36 heavy (non-hydrogen) atoms. The highest BCUT2D eigenvalue weighted by atomic mass is 35.5. The molecule has 0 unspecified atom stereocenters. The van der Waals surface area contributed by atoms with Gasteiger partial charge in [0.15, 0.2) is 5.69 Å². The molecule has 1 heterocycles. The van der Waals surface area contributed by atoms with Crippen LogP contribution < -0.4 is 16.4 Å². The van der Waals surface area contributed by atoms with Crippen molar-refractivity contribution in [2.75, 3.05) is 0 Å². The van der Waals surface area contributed by atoms with E-state index in [-0.39, 0.29) is 35.8 Å². The van der Waals surface area contributed by atoms with Crippen molar-refractivity contribution in [1.82, 2.24) is 20.4 Å². The number of aromatic nitrogens is 2. The van der Waals surface area contributed by atoms with Crippen LogP contribution >= 0.6 is 11.6 Å². The molecule has 0 saturated carbocycles. The molecule has 4 aromatic rings. The molecule has 3 aromatic carbocycles. The smallest absolute Gasteiger partial charge is 0.269 e. The molecule has 4 rings (SSSR count). The first-order valence-electron chi connectivity index (χ1n) is 11.1. The average Bonchev–Trinajstić information content (AvgIpc) is 3.23. The maximum absolute atomic E-state index is 14.2. The van der Waals surface area contributed by atoms with Crippen LogP contribution in [0.1, 0.15) is 21.6 Å². The number of hydrogen-bond acceptors (Lipinski definition) is 4. The number of nitrogens with one attached hydrogen (secondary N) is 2. The van der Waals surface area contributed by atoms with E-state index in [2.05, 4.69) is 15.7 Å². The third-order valence-corrected chi connectivity index (χ3v) is 5.90. The quantitative estimate of drug-likeness (QED) is 0.322. The first kappa shape index (κ1) is 24.9. The predicted molar refractivity (Wildman–Crippen MR) is 134 cm³/mol. The number of rotatable bonds is 9. The molecule has 10 heteroatoms. The molecular weight excluding hydrogens is 485 g/mol. The summed E-state index contributed by atoms with van der Waals surface area (Å²) in [5.74, 6) is -2.31. The standard InChI is InChI=1S/C26H23ClFN5O3/c27-19-11-6-9-17(23(19)28)14-30-26(36)20(13-16-7-2-1-3-8-16)31-22(34)15-33-21-12-5-4-10-18(21)24(32-33)25(29)35/h1-12,20H,13-15H2,(H2,29,35)(H,30,36)(H,31,34)/t20-/m0/s1. The zero-order valence-corrected chi connectivity index (χ0v) is 19.8. The van der Waals surface area contributed by atoms with Crippen LogP contribution in [-0.2, 0) is 29.1 Å². The topological polar surface area (TPSA) is 119 Å². The Labute approximate surface area is 211 Å². The summed E-state index contributed by atoms with van der Waals surface area (Å²) < 4.78 is 15.6. The van der Waals surface area contributed by atoms with Crippen LogP contribution in [0.15, 0.2) is 72.8 Å². The van der Waals surface area contributed by atoms with E-state index < -0.39 is 29.6 Å². The lowest BCUT2D eigenvalue weighted by molar-refractivity contribution is -0.129. The highest BCUT2D eigenvalue weighted by molar-refractivity contribution is 6.30. The Balaban J connectivity index is 1.51. The summed E-state index contributed by atoms with van der Waals surface area (Å²) in [6.45, 7) is -0.340. The van der Waals surface area contributed by atoms with Gasteiger partial charge in [0.2, 0.25) is 11.8 Å². The van der Waals surface area contributed by atoms with Crippen molar-refractivity contribution in [1.29, 1.82) is 0 Å². The second-order valence-corrected chi connectivity index (χ2v) is 8.54. The van der Waals surface area contributed by atoms with Crippen LogP contribution in [-0.4, -0.2) is 33.5 Å². The van der Waals surface area contributed by atoms with Crippen LogP contribution in [0.5, 0.6) is 0 Å². The second-order valence-electron chi connectivity index (χ2n) is 8.13. The van der Waals surface area contributed by atoms with Gasteiger partial charge in [-0.05, 0) is 17.7 Å². The van der Waals surface area contributed by atoms with Crippen LogP contribution in [0.25, 0.3) is 10.9 Å². The molecule has 0 aliphatic heterocycles. The van der Waals surface area contributed by atoms with Gasteiger partial charge in [0.25, 0.3) is 5.91 Å². The fourth-order valence-corrected chi connectivity index (χ4v) is 4.05. The first-order valence-corrected chi connectivity index (χ1v) is 11.5. The summed E-state index contributed by atoms with van der Waals surface area (Å²) in [6, 6.07) is 19.7. The third-order valence-electron chi connectivity index (χ3n) is 5.60. The maximum Gasteiger partial charge on any atom is 0.269 e. The van der Waals surface area contributed by atoms with Crippen molar-refractivity contribution < 1.29 is 18.8 Å². The van der Waals surface area contributed by atoms with Gasteiger partial charge in [0, 0.05) is 23.9 Å². The van der Waals surface area contributed by atoms with Gasteiger partial charge in [-0.3, -0.25) is 19.1 Å². The minimum absolute atomic E-state index is 0.0438. The largest absolute Gasteiger partial charge is 0.364 e. The van der Waals surface area contributed by atoms with Gasteiger partial charge in [-0.1, -0.05) is 72.3 Å². The van der Waals surface area contributed by atoms with E-state index in [0.717, 1.165) is 5.56 Å². The summed E-state index contributed by atoms with van der Waals surface area (Å²) in [6.07, 6.45) is 0.211. The Bertz CT molecular complexity index is 1420. The molecule has 0 fully saturated rings. The van der Waals surface area contributed by atoms with E-state index >= 15 is 0 Å². The number of nitrogens with two attached hydrogens (primary N) is 1. The van der Waals surface area contributed by atoms with Crippen LogP contribution in [0.4, 0.5) is 4.39 Å². The Morgan fingerprint density at radius 1 is 1.00 bits per heavy atom. The first-order chi connectivity index (χ1) is 17.3. The number of fused-ring (bicyclic) bond motifs is 1. The van der Waals surface area contributed by atoms with E-state index in [4.69, 9.17) is 17.3 Å². The number of halogens is 2. The normalized spacial score (nSPS) is 11.7. The molecular formula is C26H23ClFN5O3. The summed E-state index contributed by atoms with van der Waals surface area (Å²) in [4.78, 5) is 37.8. The summed E-state index contributed by atoms with van der Waals surface area (Å²) in [7, 11) is 0. The molecule has 0 radical (unpaired) electrons. The van der Waals surface area contributed by atoms with Crippen molar-refractivity contribution in [3.05, 3.63) is 100 Å². The number of amides is 3.